The molecule has 0 spiro atoms. The zero-order chi connectivity index (χ0) is 23.8. The van der Waals surface area contributed by atoms with Crippen LogP contribution in [0.25, 0.3) is 11.1 Å². The van der Waals surface area contributed by atoms with Crippen LogP contribution < -0.4 is 5.69 Å². The van der Waals surface area contributed by atoms with Crippen molar-refractivity contribution in [3.63, 3.8) is 0 Å². The van der Waals surface area contributed by atoms with Gasteiger partial charge in [0.05, 0.1) is 12.1 Å². The number of unbranched alkanes of at least 4 members (excludes halogenated alkanes) is 4. The predicted octanol–water partition coefficient (Wildman–Crippen LogP) is 5.02. The molecule has 1 heterocycles. The number of hydrogen-bond acceptors (Lipinski definition) is 4. The maximum atomic E-state index is 12.9. The summed E-state index contributed by atoms with van der Waals surface area (Å²) < 4.78 is 2.56. The number of rotatable bonds is 11. The van der Waals surface area contributed by atoms with Crippen molar-refractivity contribution >= 4 is 11.9 Å². The zero-order valence-electron chi connectivity index (χ0n) is 19.3. The van der Waals surface area contributed by atoms with Crippen LogP contribution >= 0.6 is 0 Å². The van der Waals surface area contributed by atoms with Crippen LogP contribution in [-0.2, 0) is 13.0 Å². The average Bonchev–Trinajstić information content (AvgIpc) is 3.14. The molecule has 33 heavy (non-hydrogen) atoms. The summed E-state index contributed by atoms with van der Waals surface area (Å²) in [5, 5.41) is 13.8. The lowest BCUT2D eigenvalue weighted by atomic mass is 9.99. The van der Waals surface area contributed by atoms with Crippen molar-refractivity contribution in [3.8, 4) is 11.1 Å². The molecule has 0 bridgehead atoms. The standard InChI is InChI=1S/C26H31N3O4/c1-3-5-6-7-8-13-23-27-29(24(30)4-2)26(33)28(23)18-19-14-16-20(17-15-19)21-11-9-10-12-22(21)25(31)32/h9-12,14-17H,3-8,13,18H2,1-2H3,(H,31,32). The van der Waals surface area contributed by atoms with E-state index in [1.165, 1.54) is 6.42 Å². The molecule has 0 unspecified atom stereocenters. The Morgan fingerprint density at radius 2 is 1.64 bits per heavy atom. The Morgan fingerprint density at radius 3 is 2.30 bits per heavy atom. The second kappa shape index (κ2) is 11.4. The Kier molecular flexibility index (Phi) is 8.35. The lowest BCUT2D eigenvalue weighted by Crippen LogP contribution is -2.30. The van der Waals surface area contributed by atoms with Gasteiger partial charge in [0.1, 0.15) is 5.82 Å². The number of nitrogens with zero attached hydrogens (tertiary/aromatic N) is 3. The number of aryl methyl sites for hydroxylation is 1. The van der Waals surface area contributed by atoms with E-state index in [-0.39, 0.29) is 17.9 Å². The Morgan fingerprint density at radius 1 is 0.939 bits per heavy atom. The molecule has 7 heteroatoms. The SMILES string of the molecule is CCCCCCCc1nn(C(=O)CC)c(=O)n1Cc1ccc(-c2ccccc2C(=O)O)cc1. The number of carbonyl (C=O) groups excluding carboxylic acids is 1. The third-order valence-corrected chi connectivity index (χ3v) is 5.74. The van der Waals surface area contributed by atoms with Crippen LogP contribution in [0.1, 0.15) is 78.9 Å². The number of carboxylic acid groups (broad SMARTS) is 1. The van der Waals surface area contributed by atoms with E-state index in [2.05, 4.69) is 12.0 Å². The molecular weight excluding hydrogens is 418 g/mol. The molecule has 0 fully saturated rings. The fourth-order valence-electron chi connectivity index (χ4n) is 3.87. The van der Waals surface area contributed by atoms with Crippen LogP contribution in [0.2, 0.25) is 0 Å². The van der Waals surface area contributed by atoms with Crippen molar-refractivity contribution in [1.82, 2.24) is 14.3 Å². The monoisotopic (exact) mass is 449 g/mol. The largest absolute Gasteiger partial charge is 0.478 e. The second-order valence-corrected chi connectivity index (χ2v) is 8.16. The first-order valence-electron chi connectivity index (χ1n) is 11.6. The van der Waals surface area contributed by atoms with E-state index >= 15 is 0 Å². The fourth-order valence-corrected chi connectivity index (χ4v) is 3.87. The predicted molar refractivity (Wildman–Crippen MR) is 128 cm³/mol. The minimum atomic E-state index is -0.974. The quantitative estimate of drug-likeness (QED) is 0.415. The van der Waals surface area contributed by atoms with E-state index in [0.717, 1.165) is 41.5 Å². The molecule has 0 aliphatic rings. The van der Waals surface area contributed by atoms with Crippen LogP contribution in [0.3, 0.4) is 0 Å². The van der Waals surface area contributed by atoms with Gasteiger partial charge in [-0.25, -0.2) is 9.59 Å². The molecule has 0 saturated heterocycles. The maximum absolute atomic E-state index is 12.9. The molecule has 0 aliphatic carbocycles. The van der Waals surface area contributed by atoms with Gasteiger partial charge in [0, 0.05) is 12.8 Å². The highest BCUT2D eigenvalue weighted by molar-refractivity contribution is 5.96. The van der Waals surface area contributed by atoms with Gasteiger partial charge in [-0.3, -0.25) is 9.36 Å². The normalized spacial score (nSPS) is 11.0. The first-order chi connectivity index (χ1) is 16.0. The van der Waals surface area contributed by atoms with Gasteiger partial charge in [-0.2, -0.15) is 0 Å². The van der Waals surface area contributed by atoms with Gasteiger partial charge in [-0.1, -0.05) is 82.0 Å². The van der Waals surface area contributed by atoms with Crippen molar-refractivity contribution in [2.45, 2.75) is 65.3 Å². The van der Waals surface area contributed by atoms with Crippen LogP contribution in [0.15, 0.2) is 53.3 Å². The van der Waals surface area contributed by atoms with Crippen LogP contribution in [0.5, 0.6) is 0 Å². The Hall–Kier alpha value is -3.48. The molecule has 3 rings (SSSR count). The van der Waals surface area contributed by atoms with Crippen LogP contribution in [0.4, 0.5) is 0 Å². The summed E-state index contributed by atoms with van der Waals surface area (Å²) in [6.07, 6.45) is 6.34. The van der Waals surface area contributed by atoms with E-state index < -0.39 is 11.7 Å². The van der Waals surface area contributed by atoms with Crippen molar-refractivity contribution in [2.75, 3.05) is 0 Å². The number of carbonyl (C=O) groups is 2. The van der Waals surface area contributed by atoms with Crippen molar-refractivity contribution < 1.29 is 14.7 Å². The molecular formula is C26H31N3O4. The molecule has 0 amide bonds. The summed E-state index contributed by atoms with van der Waals surface area (Å²) in [4.78, 5) is 36.6. The van der Waals surface area contributed by atoms with E-state index in [9.17, 15) is 19.5 Å². The van der Waals surface area contributed by atoms with Gasteiger partial charge < -0.3 is 5.11 Å². The Labute approximate surface area is 193 Å². The minimum absolute atomic E-state index is 0.213. The molecule has 7 nitrogen and oxygen atoms in total. The number of aromatic nitrogens is 3. The summed E-state index contributed by atoms with van der Waals surface area (Å²) in [7, 11) is 0. The molecule has 3 aromatic rings. The highest BCUT2D eigenvalue weighted by Crippen LogP contribution is 2.24. The van der Waals surface area contributed by atoms with Crippen LogP contribution in [0, 0.1) is 0 Å². The number of aromatic carboxylic acids is 1. The van der Waals surface area contributed by atoms with Gasteiger partial charge in [0.15, 0.2) is 0 Å². The van der Waals surface area contributed by atoms with E-state index in [0.29, 0.717) is 24.4 Å². The number of benzene rings is 2. The van der Waals surface area contributed by atoms with Crippen molar-refractivity contribution in [3.05, 3.63) is 76.0 Å². The topological polar surface area (TPSA) is 94.2 Å². The number of carboxylic acids is 1. The average molecular weight is 450 g/mol. The molecule has 1 aromatic heterocycles. The summed E-state index contributed by atoms with van der Waals surface area (Å²) in [5.41, 5.74) is 2.14. The molecule has 0 aliphatic heterocycles. The molecule has 0 atom stereocenters. The molecule has 2 aromatic carbocycles. The van der Waals surface area contributed by atoms with Gasteiger partial charge in [-0.05, 0) is 29.2 Å². The number of hydrogen-bond donors (Lipinski definition) is 1. The Bertz CT molecular complexity index is 1160. The Balaban J connectivity index is 1.84. The van der Waals surface area contributed by atoms with Crippen LogP contribution in [-0.4, -0.2) is 31.3 Å². The maximum Gasteiger partial charge on any atom is 0.353 e. The van der Waals surface area contributed by atoms with E-state index in [4.69, 9.17) is 0 Å². The minimum Gasteiger partial charge on any atom is -0.478 e. The molecule has 1 N–H and O–H groups in total. The summed E-state index contributed by atoms with van der Waals surface area (Å²) in [6.45, 7) is 4.19. The van der Waals surface area contributed by atoms with Gasteiger partial charge in [0.25, 0.3) is 5.91 Å². The summed E-state index contributed by atoms with van der Waals surface area (Å²) in [5.74, 6) is -0.664. The zero-order valence-corrected chi connectivity index (χ0v) is 19.3. The summed E-state index contributed by atoms with van der Waals surface area (Å²) >= 11 is 0. The fraction of sp³-hybridized carbons (Fsp3) is 0.385. The lowest BCUT2D eigenvalue weighted by molar-refractivity contribution is 0.0697. The van der Waals surface area contributed by atoms with Crippen molar-refractivity contribution in [1.29, 1.82) is 0 Å². The highest BCUT2D eigenvalue weighted by atomic mass is 16.4. The highest BCUT2D eigenvalue weighted by Gasteiger charge is 2.17. The van der Waals surface area contributed by atoms with Gasteiger partial charge >= 0.3 is 11.7 Å². The molecule has 174 valence electrons. The first kappa shape index (κ1) is 24.2. The van der Waals surface area contributed by atoms with E-state index in [1.54, 1.807) is 35.8 Å². The smallest absolute Gasteiger partial charge is 0.353 e. The third kappa shape index (κ3) is 5.86. The third-order valence-electron chi connectivity index (χ3n) is 5.74. The first-order valence-corrected chi connectivity index (χ1v) is 11.6. The van der Waals surface area contributed by atoms with Gasteiger partial charge in [-0.15, -0.1) is 9.78 Å². The van der Waals surface area contributed by atoms with Crippen molar-refractivity contribution in [2.24, 2.45) is 0 Å². The lowest BCUT2D eigenvalue weighted by Gasteiger charge is -2.09. The second-order valence-electron chi connectivity index (χ2n) is 8.16. The molecule has 0 radical (unpaired) electrons. The van der Waals surface area contributed by atoms with Gasteiger partial charge in [0.2, 0.25) is 0 Å². The van der Waals surface area contributed by atoms with E-state index in [1.807, 2.05) is 24.3 Å². The summed E-state index contributed by atoms with van der Waals surface area (Å²) in [6, 6.07) is 14.3. The molecule has 0 saturated carbocycles.